The van der Waals surface area contributed by atoms with Crippen molar-refractivity contribution in [3.8, 4) is 5.75 Å². The zero-order chi connectivity index (χ0) is 12.4. The summed E-state index contributed by atoms with van der Waals surface area (Å²) in [6, 6.07) is 5.46. The van der Waals surface area contributed by atoms with Crippen molar-refractivity contribution in [2.75, 3.05) is 25.1 Å². The van der Waals surface area contributed by atoms with Crippen LogP contribution >= 0.6 is 11.6 Å². The molecule has 1 heterocycles. The van der Waals surface area contributed by atoms with Crippen LogP contribution in [-0.4, -0.2) is 26.1 Å². The van der Waals surface area contributed by atoms with Crippen LogP contribution in [0, 0.1) is 5.92 Å². The van der Waals surface area contributed by atoms with Crippen LogP contribution in [0.15, 0.2) is 18.2 Å². The van der Waals surface area contributed by atoms with Crippen LogP contribution < -0.4 is 15.4 Å². The van der Waals surface area contributed by atoms with Crippen molar-refractivity contribution in [3.63, 3.8) is 0 Å². The zero-order valence-electron chi connectivity index (χ0n) is 9.65. The third kappa shape index (κ3) is 2.47. The fourth-order valence-corrected chi connectivity index (χ4v) is 2.29. The summed E-state index contributed by atoms with van der Waals surface area (Å²) in [7, 11) is 1.62. The molecule has 1 aromatic carbocycles. The lowest BCUT2D eigenvalue weighted by molar-refractivity contribution is -0.121. The monoisotopic (exact) mass is 254 g/mol. The van der Waals surface area contributed by atoms with Gasteiger partial charge >= 0.3 is 0 Å². The number of methoxy groups -OCH3 is 1. The Morgan fingerprint density at radius 1 is 1.59 bits per heavy atom. The number of nitrogens with two attached hydrogens (primary N) is 1. The predicted molar refractivity (Wildman–Crippen MR) is 67.5 cm³/mol. The first-order valence-electron chi connectivity index (χ1n) is 5.49. The normalized spacial score (nSPS) is 19.4. The molecular formula is C12H15ClN2O2. The second-order valence-corrected chi connectivity index (χ2v) is 4.59. The molecule has 17 heavy (non-hydrogen) atoms. The van der Waals surface area contributed by atoms with Crippen molar-refractivity contribution in [2.24, 2.45) is 11.7 Å². The first-order valence-corrected chi connectivity index (χ1v) is 5.87. The zero-order valence-corrected chi connectivity index (χ0v) is 10.4. The first-order chi connectivity index (χ1) is 8.11. The van der Waals surface area contributed by atoms with Crippen molar-refractivity contribution in [2.45, 2.75) is 6.42 Å². The topological polar surface area (TPSA) is 55.6 Å². The number of carbonyl (C=O) groups excluding carboxylic acids is 1. The van der Waals surface area contributed by atoms with E-state index in [1.807, 2.05) is 12.1 Å². The highest BCUT2D eigenvalue weighted by molar-refractivity contribution is 6.30. The van der Waals surface area contributed by atoms with Crippen molar-refractivity contribution in [3.05, 3.63) is 23.2 Å². The molecule has 1 aliphatic heterocycles. The van der Waals surface area contributed by atoms with Crippen LogP contribution in [0.25, 0.3) is 0 Å². The van der Waals surface area contributed by atoms with Gasteiger partial charge in [0, 0.05) is 18.1 Å². The minimum absolute atomic E-state index is 0.0845. The molecule has 92 valence electrons. The van der Waals surface area contributed by atoms with Crippen LogP contribution in [0.2, 0.25) is 5.02 Å². The predicted octanol–water partition coefficient (Wildman–Crippen LogP) is 1.66. The molecule has 1 atom stereocenters. The molecule has 2 N–H and O–H groups in total. The van der Waals surface area contributed by atoms with Gasteiger partial charge in [-0.05, 0) is 24.6 Å². The molecule has 0 saturated carbocycles. The van der Waals surface area contributed by atoms with Crippen LogP contribution in [0.5, 0.6) is 5.75 Å². The van der Waals surface area contributed by atoms with Gasteiger partial charge in [-0.1, -0.05) is 11.6 Å². The van der Waals surface area contributed by atoms with E-state index in [0.717, 1.165) is 24.4 Å². The van der Waals surface area contributed by atoms with E-state index in [1.54, 1.807) is 13.2 Å². The molecule has 2 rings (SSSR count). The van der Waals surface area contributed by atoms with Gasteiger partial charge < -0.3 is 15.4 Å². The van der Waals surface area contributed by atoms with Crippen LogP contribution in [0.1, 0.15) is 6.42 Å². The van der Waals surface area contributed by atoms with E-state index in [1.165, 1.54) is 0 Å². The van der Waals surface area contributed by atoms with Crippen LogP contribution in [0.3, 0.4) is 0 Å². The number of nitrogens with zero attached hydrogens (tertiary/aromatic N) is 1. The molecular weight excluding hydrogens is 240 g/mol. The molecule has 0 radical (unpaired) electrons. The minimum atomic E-state index is -0.242. The fraction of sp³-hybridized carbons (Fsp3) is 0.417. The van der Waals surface area contributed by atoms with E-state index in [4.69, 9.17) is 22.1 Å². The number of primary amides is 1. The van der Waals surface area contributed by atoms with Gasteiger partial charge in [0.25, 0.3) is 0 Å². The lowest BCUT2D eigenvalue weighted by Gasteiger charge is -2.21. The Bertz CT molecular complexity index is 437. The number of ether oxygens (including phenoxy) is 1. The highest BCUT2D eigenvalue weighted by Gasteiger charge is 2.28. The first kappa shape index (κ1) is 12.0. The van der Waals surface area contributed by atoms with E-state index in [-0.39, 0.29) is 11.8 Å². The Morgan fingerprint density at radius 3 is 2.94 bits per heavy atom. The number of hydrogen-bond donors (Lipinski definition) is 1. The summed E-state index contributed by atoms with van der Waals surface area (Å²) in [6.45, 7) is 1.43. The molecule has 1 aromatic rings. The molecule has 0 aliphatic carbocycles. The van der Waals surface area contributed by atoms with Gasteiger partial charge in [0.2, 0.25) is 5.91 Å². The lowest BCUT2D eigenvalue weighted by atomic mass is 10.1. The summed E-state index contributed by atoms with van der Waals surface area (Å²) in [5.74, 6) is 0.437. The molecule has 0 bridgehead atoms. The average Bonchev–Trinajstić information content (AvgIpc) is 2.78. The summed E-state index contributed by atoms with van der Waals surface area (Å²) in [5, 5.41) is 0.656. The second kappa shape index (κ2) is 4.84. The summed E-state index contributed by atoms with van der Waals surface area (Å²) < 4.78 is 5.29. The molecule has 1 saturated heterocycles. The summed E-state index contributed by atoms with van der Waals surface area (Å²) in [6.07, 6.45) is 0.783. The van der Waals surface area contributed by atoms with Gasteiger partial charge in [0.05, 0.1) is 18.7 Å². The number of halogens is 1. The van der Waals surface area contributed by atoms with Crippen molar-refractivity contribution in [1.82, 2.24) is 0 Å². The van der Waals surface area contributed by atoms with Gasteiger partial charge in [0.15, 0.2) is 0 Å². The highest BCUT2D eigenvalue weighted by Crippen LogP contribution is 2.34. The van der Waals surface area contributed by atoms with Crippen molar-refractivity contribution < 1.29 is 9.53 Å². The van der Waals surface area contributed by atoms with E-state index < -0.39 is 0 Å². The van der Waals surface area contributed by atoms with E-state index in [0.29, 0.717) is 11.6 Å². The number of amides is 1. The van der Waals surface area contributed by atoms with Gasteiger partial charge in [-0.2, -0.15) is 0 Å². The Morgan fingerprint density at radius 2 is 2.35 bits per heavy atom. The van der Waals surface area contributed by atoms with Gasteiger partial charge in [-0.25, -0.2) is 0 Å². The Balaban J connectivity index is 2.23. The Labute approximate surface area is 105 Å². The van der Waals surface area contributed by atoms with E-state index >= 15 is 0 Å². The molecule has 1 fully saturated rings. The maximum Gasteiger partial charge on any atom is 0.222 e. The van der Waals surface area contributed by atoms with Crippen molar-refractivity contribution >= 4 is 23.2 Å². The van der Waals surface area contributed by atoms with Gasteiger partial charge in [0.1, 0.15) is 5.75 Å². The molecule has 1 unspecified atom stereocenters. The highest BCUT2D eigenvalue weighted by atomic mass is 35.5. The Kier molecular flexibility index (Phi) is 3.43. The van der Waals surface area contributed by atoms with Crippen LogP contribution in [-0.2, 0) is 4.79 Å². The number of rotatable bonds is 3. The molecule has 0 aromatic heterocycles. The average molecular weight is 255 g/mol. The maximum absolute atomic E-state index is 11.1. The SMILES string of the molecule is COc1ccc(Cl)cc1N1CCC(C(N)=O)C1. The number of anilines is 1. The maximum atomic E-state index is 11.1. The fourth-order valence-electron chi connectivity index (χ4n) is 2.12. The smallest absolute Gasteiger partial charge is 0.222 e. The molecule has 0 spiro atoms. The summed E-state index contributed by atoms with van der Waals surface area (Å²) >= 11 is 5.98. The quantitative estimate of drug-likeness (QED) is 0.893. The van der Waals surface area contributed by atoms with Crippen LogP contribution in [0.4, 0.5) is 5.69 Å². The van der Waals surface area contributed by atoms with E-state index in [9.17, 15) is 4.79 Å². The molecule has 5 heteroatoms. The molecule has 4 nitrogen and oxygen atoms in total. The standard InChI is InChI=1S/C12H15ClN2O2/c1-17-11-3-2-9(13)6-10(11)15-5-4-8(7-15)12(14)16/h2-3,6,8H,4-5,7H2,1H3,(H2,14,16). The summed E-state index contributed by atoms with van der Waals surface area (Å²) in [4.78, 5) is 13.2. The lowest BCUT2D eigenvalue weighted by Crippen LogP contribution is -2.27. The number of benzene rings is 1. The van der Waals surface area contributed by atoms with E-state index in [2.05, 4.69) is 4.90 Å². The van der Waals surface area contributed by atoms with Crippen molar-refractivity contribution in [1.29, 1.82) is 0 Å². The molecule has 1 aliphatic rings. The minimum Gasteiger partial charge on any atom is -0.495 e. The third-order valence-electron chi connectivity index (χ3n) is 3.07. The third-order valence-corrected chi connectivity index (χ3v) is 3.31. The second-order valence-electron chi connectivity index (χ2n) is 4.15. The number of carbonyl (C=O) groups is 1. The van der Waals surface area contributed by atoms with Gasteiger partial charge in [-0.15, -0.1) is 0 Å². The van der Waals surface area contributed by atoms with Gasteiger partial charge in [-0.3, -0.25) is 4.79 Å². The summed E-state index contributed by atoms with van der Waals surface area (Å²) in [5.41, 5.74) is 6.24. The largest absolute Gasteiger partial charge is 0.495 e. The number of hydrogen-bond acceptors (Lipinski definition) is 3. The Hall–Kier alpha value is -1.42. The molecule has 1 amide bonds.